The minimum atomic E-state index is -0.659. The number of hydrogen-bond acceptors (Lipinski definition) is 5. The molecule has 8 nitrogen and oxygen atoms in total. The van der Waals surface area contributed by atoms with Crippen LogP contribution in [0.3, 0.4) is 0 Å². The Morgan fingerprint density at radius 2 is 2.07 bits per heavy atom. The van der Waals surface area contributed by atoms with E-state index in [1.54, 1.807) is 36.7 Å². The maximum Gasteiger partial charge on any atom is 0.433 e. The van der Waals surface area contributed by atoms with E-state index in [0.717, 1.165) is 0 Å². The van der Waals surface area contributed by atoms with Gasteiger partial charge in [0.25, 0.3) is 0 Å². The molecule has 3 rings (SSSR count). The number of carbonyl (C=O) groups excluding carboxylic acids is 1. The molecule has 0 radical (unpaired) electrons. The highest BCUT2D eigenvalue weighted by atomic mass is 19.1. The molecule has 0 aliphatic heterocycles. The third kappa shape index (κ3) is 4.14. The Hall–Kier alpha value is -3.75. The van der Waals surface area contributed by atoms with Crippen molar-refractivity contribution in [2.45, 2.75) is 20.4 Å². The maximum absolute atomic E-state index is 13.9. The normalized spacial score (nSPS) is 11.1. The molecule has 1 aromatic carbocycles. The maximum atomic E-state index is 13.9. The summed E-state index contributed by atoms with van der Waals surface area (Å²) in [5.41, 5.74) is 2.28. The van der Waals surface area contributed by atoms with Gasteiger partial charge in [-0.15, -0.1) is 0 Å². The van der Waals surface area contributed by atoms with Crippen molar-refractivity contribution in [3.05, 3.63) is 81.1 Å². The lowest BCUT2D eigenvalue weighted by molar-refractivity contribution is -0.402. The van der Waals surface area contributed by atoms with E-state index in [1.807, 2.05) is 0 Å². The SMILES string of the molecule is Cc1nn(Cc2ccccc2F)c(C)c1NC(=O)/C=C/c1ccc([N+](=O)[O-])o1. The first-order valence-electron chi connectivity index (χ1n) is 8.36. The average molecular weight is 384 g/mol. The summed E-state index contributed by atoms with van der Waals surface area (Å²) in [6, 6.07) is 9.02. The molecule has 0 aliphatic rings. The van der Waals surface area contributed by atoms with Crippen molar-refractivity contribution in [3.63, 3.8) is 0 Å². The van der Waals surface area contributed by atoms with Crippen molar-refractivity contribution in [1.82, 2.24) is 9.78 Å². The quantitative estimate of drug-likeness (QED) is 0.395. The molecule has 0 unspecified atom stereocenters. The van der Waals surface area contributed by atoms with Crippen LogP contribution >= 0.6 is 0 Å². The van der Waals surface area contributed by atoms with Gasteiger partial charge in [0.15, 0.2) is 0 Å². The summed E-state index contributed by atoms with van der Waals surface area (Å²) in [6.07, 6.45) is 2.53. The highest BCUT2D eigenvalue weighted by Crippen LogP contribution is 2.21. The van der Waals surface area contributed by atoms with Crippen LogP contribution in [0.25, 0.3) is 6.08 Å². The second-order valence-corrected chi connectivity index (χ2v) is 6.05. The second kappa shape index (κ2) is 7.87. The van der Waals surface area contributed by atoms with Crippen LogP contribution in [0.4, 0.5) is 16.0 Å². The molecule has 2 aromatic heterocycles. The molecule has 0 atom stereocenters. The Balaban J connectivity index is 1.72. The molecule has 1 N–H and O–H groups in total. The van der Waals surface area contributed by atoms with Crippen molar-refractivity contribution in [2.75, 3.05) is 5.32 Å². The van der Waals surface area contributed by atoms with Gasteiger partial charge in [-0.1, -0.05) is 18.2 Å². The van der Waals surface area contributed by atoms with Crippen molar-refractivity contribution in [1.29, 1.82) is 0 Å². The summed E-state index contributed by atoms with van der Waals surface area (Å²) in [5.74, 6) is -0.987. The number of rotatable bonds is 6. The lowest BCUT2D eigenvalue weighted by atomic mass is 10.2. The fourth-order valence-corrected chi connectivity index (χ4v) is 2.67. The van der Waals surface area contributed by atoms with Crippen molar-refractivity contribution < 1.29 is 18.5 Å². The van der Waals surface area contributed by atoms with E-state index in [4.69, 9.17) is 4.42 Å². The molecule has 0 saturated heterocycles. The predicted octanol–water partition coefficient (Wildman–Crippen LogP) is 3.84. The number of nitro groups is 1. The zero-order valence-electron chi connectivity index (χ0n) is 15.2. The van der Waals surface area contributed by atoms with Gasteiger partial charge in [0.1, 0.15) is 16.5 Å². The van der Waals surface area contributed by atoms with Gasteiger partial charge < -0.3 is 9.73 Å². The first-order chi connectivity index (χ1) is 13.3. The van der Waals surface area contributed by atoms with Gasteiger partial charge in [-0.3, -0.25) is 19.6 Å². The van der Waals surface area contributed by atoms with E-state index >= 15 is 0 Å². The Morgan fingerprint density at radius 1 is 1.32 bits per heavy atom. The summed E-state index contributed by atoms with van der Waals surface area (Å²) in [7, 11) is 0. The highest BCUT2D eigenvalue weighted by Gasteiger charge is 2.15. The van der Waals surface area contributed by atoms with Gasteiger partial charge in [-0.2, -0.15) is 5.10 Å². The number of nitrogens with zero attached hydrogens (tertiary/aromatic N) is 3. The molecule has 0 aliphatic carbocycles. The number of carbonyl (C=O) groups is 1. The van der Waals surface area contributed by atoms with E-state index in [1.165, 1.54) is 30.4 Å². The number of amides is 1. The van der Waals surface area contributed by atoms with Crippen LogP contribution in [0, 0.1) is 29.8 Å². The van der Waals surface area contributed by atoms with Crippen LogP contribution in [0.5, 0.6) is 0 Å². The minimum Gasteiger partial charge on any atom is -0.401 e. The summed E-state index contributed by atoms with van der Waals surface area (Å²) < 4.78 is 20.4. The van der Waals surface area contributed by atoms with Gasteiger partial charge in [-0.05, 0) is 32.1 Å². The standard InChI is InChI=1S/C19H17FN4O4/c1-12-19(13(2)23(22-12)11-14-5-3-4-6-16(14)20)21-17(25)9-7-15-8-10-18(28-15)24(26)27/h3-10H,11H2,1-2H3,(H,21,25)/b9-7+. The number of nitrogens with one attached hydrogen (secondary N) is 1. The topological polar surface area (TPSA) is 103 Å². The van der Waals surface area contributed by atoms with Crippen LogP contribution < -0.4 is 5.32 Å². The Morgan fingerprint density at radius 3 is 2.75 bits per heavy atom. The van der Waals surface area contributed by atoms with Gasteiger partial charge >= 0.3 is 5.88 Å². The fraction of sp³-hybridized carbons (Fsp3) is 0.158. The molecular formula is C19H17FN4O4. The number of hydrogen-bond donors (Lipinski definition) is 1. The molecule has 0 spiro atoms. The lowest BCUT2D eigenvalue weighted by Crippen LogP contribution is -2.10. The third-order valence-electron chi connectivity index (χ3n) is 4.10. The summed E-state index contributed by atoms with van der Waals surface area (Å²) in [4.78, 5) is 22.1. The fourth-order valence-electron chi connectivity index (χ4n) is 2.67. The Labute approximate surface area is 159 Å². The molecule has 28 heavy (non-hydrogen) atoms. The molecule has 9 heteroatoms. The Kier molecular flexibility index (Phi) is 5.35. The Bertz CT molecular complexity index is 1070. The van der Waals surface area contributed by atoms with Crippen molar-refractivity contribution >= 4 is 23.6 Å². The van der Waals surface area contributed by atoms with E-state index in [0.29, 0.717) is 22.6 Å². The van der Waals surface area contributed by atoms with E-state index in [9.17, 15) is 19.3 Å². The zero-order chi connectivity index (χ0) is 20.3. The number of aromatic nitrogens is 2. The average Bonchev–Trinajstić information content (AvgIpc) is 3.23. The molecule has 1 amide bonds. The first kappa shape index (κ1) is 19.0. The minimum absolute atomic E-state index is 0.186. The second-order valence-electron chi connectivity index (χ2n) is 6.05. The lowest BCUT2D eigenvalue weighted by Gasteiger charge is -2.07. The third-order valence-corrected chi connectivity index (χ3v) is 4.10. The molecule has 0 bridgehead atoms. The smallest absolute Gasteiger partial charge is 0.401 e. The first-order valence-corrected chi connectivity index (χ1v) is 8.36. The monoisotopic (exact) mass is 384 g/mol. The van der Waals surface area contributed by atoms with Gasteiger partial charge in [0.2, 0.25) is 5.91 Å². The molecule has 0 saturated carbocycles. The molecule has 2 heterocycles. The summed E-state index contributed by atoms with van der Waals surface area (Å²) >= 11 is 0. The van der Waals surface area contributed by atoms with Crippen LogP contribution in [0.1, 0.15) is 22.7 Å². The summed E-state index contributed by atoms with van der Waals surface area (Å²) in [5, 5.41) is 17.7. The number of anilines is 1. The van der Waals surface area contributed by atoms with E-state index in [2.05, 4.69) is 10.4 Å². The highest BCUT2D eigenvalue weighted by molar-refractivity contribution is 6.02. The van der Waals surface area contributed by atoms with Gasteiger partial charge in [0, 0.05) is 11.6 Å². The van der Waals surface area contributed by atoms with Crippen LogP contribution in [-0.2, 0) is 11.3 Å². The number of benzene rings is 1. The van der Waals surface area contributed by atoms with Gasteiger partial charge in [0.05, 0.1) is 29.7 Å². The predicted molar refractivity (Wildman–Crippen MR) is 100 cm³/mol. The van der Waals surface area contributed by atoms with Crippen molar-refractivity contribution in [2.24, 2.45) is 0 Å². The number of furan rings is 1. The van der Waals surface area contributed by atoms with Crippen LogP contribution in [0.15, 0.2) is 46.9 Å². The molecule has 144 valence electrons. The van der Waals surface area contributed by atoms with Crippen molar-refractivity contribution in [3.8, 4) is 0 Å². The van der Waals surface area contributed by atoms with Crippen LogP contribution in [0.2, 0.25) is 0 Å². The number of aryl methyl sites for hydroxylation is 1. The van der Waals surface area contributed by atoms with E-state index < -0.39 is 16.7 Å². The molecular weight excluding hydrogens is 367 g/mol. The zero-order valence-corrected chi connectivity index (χ0v) is 15.2. The van der Waals surface area contributed by atoms with E-state index in [-0.39, 0.29) is 18.1 Å². The largest absolute Gasteiger partial charge is 0.433 e. The van der Waals surface area contributed by atoms with Gasteiger partial charge in [-0.25, -0.2) is 4.39 Å². The number of halogens is 1. The molecule has 3 aromatic rings. The van der Waals surface area contributed by atoms with Crippen LogP contribution in [-0.4, -0.2) is 20.6 Å². The molecule has 0 fully saturated rings. The summed E-state index contributed by atoms with van der Waals surface area (Å²) in [6.45, 7) is 3.75.